The Morgan fingerprint density at radius 2 is 1.89 bits per heavy atom. The number of β-amino-alcohol motifs (C(OH)–C–C–N with tert-alkyl or cyclic N) is 1. The largest absolute Gasteiger partial charge is 0.493 e. The van der Waals surface area contributed by atoms with E-state index < -0.39 is 6.10 Å². The molecule has 1 atom stereocenters. The monoisotopic (exact) mass is 408 g/mol. The van der Waals surface area contributed by atoms with Gasteiger partial charge in [0.05, 0.1) is 7.11 Å². The molecule has 0 bridgehead atoms. The number of aliphatic hydroxyl groups excluding tert-OH is 1. The lowest BCUT2D eigenvalue weighted by Crippen LogP contribution is -2.40. The number of ether oxygens (including phenoxy) is 2. The SMILES string of the molecule is COc1cc(CNC2CCCCCC2)ccc1OC[C@H](O)CN1CCSCC1. The van der Waals surface area contributed by atoms with Crippen molar-refractivity contribution in [1.29, 1.82) is 0 Å². The van der Waals surface area contributed by atoms with Crippen LogP contribution in [0.4, 0.5) is 0 Å². The van der Waals surface area contributed by atoms with Gasteiger partial charge >= 0.3 is 0 Å². The zero-order valence-corrected chi connectivity index (χ0v) is 18.0. The standard InChI is InChI=1S/C22H36N2O3S/c1-26-22-14-18(15-23-19-6-4-2-3-5-7-19)8-9-21(22)27-17-20(25)16-24-10-12-28-13-11-24/h8-9,14,19-20,23,25H,2-7,10-13,15-17H2,1H3/t20-/m1/s1. The third kappa shape index (κ3) is 7.14. The normalized spacial score (nSPS) is 20.5. The molecule has 3 rings (SSSR count). The highest BCUT2D eigenvalue weighted by molar-refractivity contribution is 7.99. The number of nitrogens with one attached hydrogen (secondary N) is 1. The number of methoxy groups -OCH3 is 1. The first-order chi connectivity index (χ1) is 13.7. The van der Waals surface area contributed by atoms with Gasteiger partial charge < -0.3 is 19.9 Å². The molecule has 28 heavy (non-hydrogen) atoms. The average molecular weight is 409 g/mol. The second-order valence-corrected chi connectivity index (χ2v) is 9.16. The summed E-state index contributed by atoms with van der Waals surface area (Å²) < 4.78 is 11.4. The lowest BCUT2D eigenvalue weighted by atomic mass is 10.1. The Hall–Kier alpha value is -0.950. The van der Waals surface area contributed by atoms with Crippen LogP contribution in [0.15, 0.2) is 18.2 Å². The summed E-state index contributed by atoms with van der Waals surface area (Å²) in [7, 11) is 1.67. The zero-order chi connectivity index (χ0) is 19.6. The van der Waals surface area contributed by atoms with Gasteiger partial charge in [0.1, 0.15) is 12.7 Å². The number of benzene rings is 1. The van der Waals surface area contributed by atoms with Gasteiger partial charge in [0.25, 0.3) is 0 Å². The predicted molar refractivity (Wildman–Crippen MR) is 117 cm³/mol. The Morgan fingerprint density at radius 1 is 1.14 bits per heavy atom. The van der Waals surface area contributed by atoms with Gasteiger partial charge in [-0.2, -0.15) is 11.8 Å². The molecular weight excluding hydrogens is 372 g/mol. The van der Waals surface area contributed by atoms with E-state index in [0.29, 0.717) is 24.9 Å². The van der Waals surface area contributed by atoms with Crippen molar-refractivity contribution in [3.8, 4) is 11.5 Å². The lowest BCUT2D eigenvalue weighted by Gasteiger charge is -2.28. The molecule has 6 heteroatoms. The number of nitrogens with zero attached hydrogens (tertiary/aromatic N) is 1. The minimum atomic E-state index is -0.482. The lowest BCUT2D eigenvalue weighted by molar-refractivity contribution is 0.0705. The van der Waals surface area contributed by atoms with E-state index in [4.69, 9.17) is 9.47 Å². The van der Waals surface area contributed by atoms with Crippen molar-refractivity contribution in [3.05, 3.63) is 23.8 Å². The van der Waals surface area contributed by atoms with E-state index in [2.05, 4.69) is 16.3 Å². The fraction of sp³-hybridized carbons (Fsp3) is 0.727. The zero-order valence-electron chi connectivity index (χ0n) is 17.2. The maximum absolute atomic E-state index is 10.3. The van der Waals surface area contributed by atoms with E-state index in [1.165, 1.54) is 44.1 Å². The Balaban J connectivity index is 1.46. The maximum atomic E-state index is 10.3. The summed E-state index contributed by atoms with van der Waals surface area (Å²) in [6, 6.07) is 6.74. The van der Waals surface area contributed by atoms with Crippen LogP contribution in [0.5, 0.6) is 11.5 Å². The molecule has 1 aliphatic carbocycles. The van der Waals surface area contributed by atoms with Crippen LogP contribution >= 0.6 is 11.8 Å². The minimum absolute atomic E-state index is 0.291. The number of hydrogen-bond donors (Lipinski definition) is 2. The van der Waals surface area contributed by atoms with Crippen molar-refractivity contribution in [2.45, 2.75) is 57.2 Å². The molecule has 158 valence electrons. The molecule has 2 N–H and O–H groups in total. The summed E-state index contributed by atoms with van der Waals surface area (Å²) in [4.78, 5) is 2.31. The third-order valence-corrected chi connectivity index (χ3v) is 6.62. The first-order valence-electron chi connectivity index (χ1n) is 10.8. The molecule has 1 saturated heterocycles. The maximum Gasteiger partial charge on any atom is 0.161 e. The fourth-order valence-electron chi connectivity index (χ4n) is 4.01. The van der Waals surface area contributed by atoms with Crippen LogP contribution in [0.25, 0.3) is 0 Å². The fourth-order valence-corrected chi connectivity index (χ4v) is 4.99. The highest BCUT2D eigenvalue weighted by Crippen LogP contribution is 2.28. The Morgan fingerprint density at radius 3 is 2.61 bits per heavy atom. The van der Waals surface area contributed by atoms with Crippen LogP contribution in [0.3, 0.4) is 0 Å². The van der Waals surface area contributed by atoms with Crippen LogP contribution < -0.4 is 14.8 Å². The molecule has 0 spiro atoms. The second kappa shape index (κ2) is 11.9. The molecule has 2 fully saturated rings. The van der Waals surface area contributed by atoms with Gasteiger partial charge in [-0.15, -0.1) is 0 Å². The van der Waals surface area contributed by atoms with E-state index in [1.54, 1.807) is 7.11 Å². The van der Waals surface area contributed by atoms with Gasteiger partial charge in [-0.1, -0.05) is 31.7 Å². The van der Waals surface area contributed by atoms with Crippen LogP contribution in [-0.2, 0) is 6.54 Å². The van der Waals surface area contributed by atoms with Crippen molar-refractivity contribution in [2.75, 3.05) is 44.9 Å². The second-order valence-electron chi connectivity index (χ2n) is 7.93. The minimum Gasteiger partial charge on any atom is -0.493 e. The summed E-state index contributed by atoms with van der Waals surface area (Å²) in [6.07, 6.45) is 7.52. The first kappa shape index (κ1) is 21.8. The van der Waals surface area contributed by atoms with Crippen LogP contribution in [-0.4, -0.2) is 67.0 Å². The number of thioether (sulfide) groups is 1. The molecule has 0 aromatic heterocycles. The predicted octanol–water partition coefficient (Wildman–Crippen LogP) is 3.30. The number of rotatable bonds is 9. The Labute approximate surface area is 174 Å². The van der Waals surface area contributed by atoms with Gasteiger partial charge in [0.15, 0.2) is 11.5 Å². The average Bonchev–Trinajstić information content (AvgIpc) is 3.00. The molecule has 1 saturated carbocycles. The summed E-state index contributed by atoms with van der Waals surface area (Å²) in [6.45, 7) is 3.92. The molecule has 1 aromatic rings. The number of aliphatic hydroxyl groups is 1. The van der Waals surface area contributed by atoms with Crippen LogP contribution in [0.1, 0.15) is 44.1 Å². The van der Waals surface area contributed by atoms with Gasteiger partial charge in [-0.3, -0.25) is 4.90 Å². The molecule has 2 aliphatic rings. The van der Waals surface area contributed by atoms with Crippen molar-refractivity contribution in [1.82, 2.24) is 10.2 Å². The highest BCUT2D eigenvalue weighted by atomic mass is 32.2. The van der Waals surface area contributed by atoms with E-state index in [0.717, 1.165) is 36.9 Å². The molecule has 1 heterocycles. The third-order valence-electron chi connectivity index (χ3n) is 5.68. The van der Waals surface area contributed by atoms with E-state index in [1.807, 2.05) is 23.9 Å². The quantitative estimate of drug-likeness (QED) is 0.612. The molecule has 1 aliphatic heterocycles. The van der Waals surface area contributed by atoms with Crippen molar-refractivity contribution in [2.24, 2.45) is 0 Å². The highest BCUT2D eigenvalue weighted by Gasteiger charge is 2.16. The van der Waals surface area contributed by atoms with Crippen molar-refractivity contribution >= 4 is 11.8 Å². The molecule has 0 radical (unpaired) electrons. The smallest absolute Gasteiger partial charge is 0.161 e. The summed E-state index contributed by atoms with van der Waals surface area (Å²) >= 11 is 1.98. The van der Waals surface area contributed by atoms with Gasteiger partial charge in [0.2, 0.25) is 0 Å². The van der Waals surface area contributed by atoms with Crippen molar-refractivity contribution < 1.29 is 14.6 Å². The van der Waals surface area contributed by atoms with E-state index in [-0.39, 0.29) is 0 Å². The summed E-state index contributed by atoms with van der Waals surface area (Å²) in [5, 5.41) is 14.0. The Bertz CT molecular complexity index is 573. The summed E-state index contributed by atoms with van der Waals surface area (Å²) in [5.41, 5.74) is 1.21. The van der Waals surface area contributed by atoms with Gasteiger partial charge in [-0.05, 0) is 30.5 Å². The molecule has 1 aromatic carbocycles. The molecule has 0 amide bonds. The van der Waals surface area contributed by atoms with Crippen LogP contribution in [0.2, 0.25) is 0 Å². The van der Waals surface area contributed by atoms with Crippen molar-refractivity contribution in [3.63, 3.8) is 0 Å². The van der Waals surface area contributed by atoms with Crippen LogP contribution in [0, 0.1) is 0 Å². The first-order valence-corrected chi connectivity index (χ1v) is 11.9. The Kier molecular flexibility index (Phi) is 9.25. The summed E-state index contributed by atoms with van der Waals surface area (Å²) in [5.74, 6) is 3.74. The molecule has 0 unspecified atom stereocenters. The van der Waals surface area contributed by atoms with Gasteiger partial charge in [-0.25, -0.2) is 0 Å². The van der Waals surface area contributed by atoms with E-state index >= 15 is 0 Å². The topological polar surface area (TPSA) is 54.0 Å². The molecule has 5 nitrogen and oxygen atoms in total. The molecular formula is C22H36N2O3S. The number of hydrogen-bond acceptors (Lipinski definition) is 6. The van der Waals surface area contributed by atoms with E-state index in [9.17, 15) is 5.11 Å². The van der Waals surface area contributed by atoms with Gasteiger partial charge in [0, 0.05) is 43.7 Å².